The van der Waals surface area contributed by atoms with Gasteiger partial charge in [0.2, 0.25) is 0 Å². The van der Waals surface area contributed by atoms with Crippen molar-refractivity contribution in [3.8, 4) is 22.8 Å². The molecule has 0 unspecified atom stereocenters. The van der Waals surface area contributed by atoms with Gasteiger partial charge in [0, 0.05) is 18.2 Å². The minimum atomic E-state index is -0.628. The third-order valence-electron chi connectivity index (χ3n) is 3.37. The van der Waals surface area contributed by atoms with E-state index in [1.807, 2.05) is 60.7 Å². The van der Waals surface area contributed by atoms with Crippen LogP contribution in [0.25, 0.3) is 22.8 Å². The van der Waals surface area contributed by atoms with Gasteiger partial charge in [0.1, 0.15) is 0 Å². The maximum absolute atomic E-state index is 12.4. The Hall–Kier alpha value is -3.68. The zero-order valence-corrected chi connectivity index (χ0v) is 13.4. The van der Waals surface area contributed by atoms with Crippen molar-refractivity contribution in [2.24, 2.45) is 0 Å². The lowest BCUT2D eigenvalue weighted by Crippen LogP contribution is -2.47. The molecular formula is C17H16N6O2. The first kappa shape index (κ1) is 16.2. The number of benzene rings is 2. The molecule has 8 nitrogen and oxygen atoms in total. The summed E-state index contributed by atoms with van der Waals surface area (Å²) < 4.78 is 1.12. The van der Waals surface area contributed by atoms with Crippen LogP contribution in [0.4, 0.5) is 9.59 Å². The van der Waals surface area contributed by atoms with Crippen molar-refractivity contribution in [2.45, 2.75) is 0 Å². The highest BCUT2D eigenvalue weighted by Gasteiger charge is 2.18. The Bertz CT molecular complexity index is 877. The average molecular weight is 336 g/mol. The first-order valence-corrected chi connectivity index (χ1v) is 7.55. The summed E-state index contributed by atoms with van der Waals surface area (Å²) in [6.07, 6.45) is 0. The van der Waals surface area contributed by atoms with E-state index >= 15 is 0 Å². The normalized spacial score (nSPS) is 10.1. The second-order valence-electron chi connectivity index (χ2n) is 5.04. The van der Waals surface area contributed by atoms with Gasteiger partial charge in [-0.2, -0.15) is 4.68 Å². The van der Waals surface area contributed by atoms with Gasteiger partial charge in [-0.05, 0) is 0 Å². The number of nitrogens with one attached hydrogen (secondary N) is 3. The molecule has 0 saturated carbocycles. The molecule has 0 aliphatic rings. The summed E-state index contributed by atoms with van der Waals surface area (Å²) >= 11 is 0. The molecule has 2 aromatic carbocycles. The van der Waals surface area contributed by atoms with Crippen molar-refractivity contribution in [1.82, 2.24) is 30.9 Å². The third kappa shape index (κ3) is 3.63. The first-order valence-electron chi connectivity index (χ1n) is 7.55. The fraction of sp³-hybridized carbons (Fsp3) is 0.0588. The van der Waals surface area contributed by atoms with E-state index in [4.69, 9.17) is 0 Å². The van der Waals surface area contributed by atoms with Crippen LogP contribution in [0.5, 0.6) is 0 Å². The maximum Gasteiger partial charge on any atom is 0.362 e. The van der Waals surface area contributed by atoms with E-state index in [1.54, 1.807) is 0 Å². The Morgan fingerprint density at radius 2 is 1.48 bits per heavy atom. The second kappa shape index (κ2) is 7.26. The van der Waals surface area contributed by atoms with Crippen molar-refractivity contribution < 1.29 is 9.59 Å². The molecule has 0 spiro atoms. The minimum absolute atomic E-state index is 0.371. The van der Waals surface area contributed by atoms with Crippen LogP contribution in [0.2, 0.25) is 0 Å². The molecule has 126 valence electrons. The highest BCUT2D eigenvalue weighted by atomic mass is 16.2. The Labute approximate surface area is 143 Å². The highest BCUT2D eigenvalue weighted by Crippen LogP contribution is 2.21. The third-order valence-corrected chi connectivity index (χ3v) is 3.37. The van der Waals surface area contributed by atoms with Gasteiger partial charge in [0.05, 0.1) is 0 Å². The lowest BCUT2D eigenvalue weighted by atomic mass is 10.2. The van der Waals surface area contributed by atoms with Crippen molar-refractivity contribution in [1.29, 1.82) is 0 Å². The van der Waals surface area contributed by atoms with Gasteiger partial charge in [-0.1, -0.05) is 60.7 Å². The average Bonchev–Trinajstić information content (AvgIpc) is 3.12. The Morgan fingerprint density at radius 1 is 0.880 bits per heavy atom. The van der Waals surface area contributed by atoms with Crippen LogP contribution < -0.4 is 16.2 Å². The summed E-state index contributed by atoms with van der Waals surface area (Å²) in [5.74, 6) is 0.783. The predicted molar refractivity (Wildman–Crippen MR) is 92.4 cm³/mol. The summed E-state index contributed by atoms with van der Waals surface area (Å²) in [6, 6.07) is 17.4. The highest BCUT2D eigenvalue weighted by molar-refractivity contribution is 5.84. The van der Waals surface area contributed by atoms with Gasteiger partial charge in [0.25, 0.3) is 0 Å². The Kier molecular flexibility index (Phi) is 4.70. The molecule has 3 N–H and O–H groups in total. The number of carbonyl (C=O) groups excluding carboxylic acids is 2. The molecule has 8 heteroatoms. The summed E-state index contributed by atoms with van der Waals surface area (Å²) in [5.41, 5.74) is 6.02. The van der Waals surface area contributed by atoms with Gasteiger partial charge in [0.15, 0.2) is 11.6 Å². The number of hydrogen-bond donors (Lipinski definition) is 3. The zero-order valence-electron chi connectivity index (χ0n) is 13.4. The summed E-state index contributed by atoms with van der Waals surface area (Å²) in [7, 11) is 1.44. The van der Waals surface area contributed by atoms with E-state index in [0.717, 1.165) is 15.8 Å². The molecule has 3 amide bonds. The van der Waals surface area contributed by atoms with Gasteiger partial charge < -0.3 is 5.32 Å². The van der Waals surface area contributed by atoms with Crippen molar-refractivity contribution in [2.75, 3.05) is 7.05 Å². The summed E-state index contributed by atoms with van der Waals surface area (Å²) in [4.78, 5) is 28.1. The summed E-state index contributed by atoms with van der Waals surface area (Å²) in [5, 5.41) is 6.62. The number of nitrogens with zero attached hydrogens (tertiary/aromatic N) is 3. The van der Waals surface area contributed by atoms with Gasteiger partial charge in [-0.25, -0.2) is 25.4 Å². The zero-order chi connectivity index (χ0) is 17.6. The lowest BCUT2D eigenvalue weighted by molar-refractivity contribution is 0.224. The molecule has 3 aromatic rings. The summed E-state index contributed by atoms with van der Waals surface area (Å²) in [6.45, 7) is 0. The van der Waals surface area contributed by atoms with E-state index in [9.17, 15) is 9.59 Å². The molecule has 0 aliphatic heterocycles. The molecule has 25 heavy (non-hydrogen) atoms. The first-order chi connectivity index (χ1) is 12.2. The van der Waals surface area contributed by atoms with E-state index in [1.165, 1.54) is 7.05 Å². The maximum atomic E-state index is 12.4. The van der Waals surface area contributed by atoms with Gasteiger partial charge in [-0.3, -0.25) is 0 Å². The smallest absolute Gasteiger partial charge is 0.340 e. The molecule has 0 saturated heterocycles. The van der Waals surface area contributed by atoms with Crippen molar-refractivity contribution >= 4 is 12.1 Å². The number of hydrazine groups is 1. The molecular weight excluding hydrogens is 320 g/mol. The van der Waals surface area contributed by atoms with E-state index in [2.05, 4.69) is 26.3 Å². The minimum Gasteiger partial charge on any atom is -0.340 e. The number of hydrogen-bond acceptors (Lipinski definition) is 4. The van der Waals surface area contributed by atoms with Crippen molar-refractivity contribution in [3.63, 3.8) is 0 Å². The van der Waals surface area contributed by atoms with Gasteiger partial charge in [-0.15, -0.1) is 5.10 Å². The molecule has 0 bridgehead atoms. The van der Waals surface area contributed by atoms with Crippen LogP contribution >= 0.6 is 0 Å². The molecule has 0 fully saturated rings. The number of aromatic nitrogens is 3. The van der Waals surface area contributed by atoms with E-state index in [0.29, 0.717) is 11.6 Å². The fourth-order valence-corrected chi connectivity index (χ4v) is 2.16. The fourth-order valence-electron chi connectivity index (χ4n) is 2.16. The SMILES string of the molecule is CNC(=O)NNC(=O)n1nc(-c2ccccc2)nc1-c1ccccc1. The predicted octanol–water partition coefficient (Wildman–Crippen LogP) is 2.01. The largest absolute Gasteiger partial charge is 0.362 e. The van der Waals surface area contributed by atoms with Gasteiger partial charge >= 0.3 is 12.1 Å². The molecule has 0 radical (unpaired) electrons. The second-order valence-corrected chi connectivity index (χ2v) is 5.04. The number of urea groups is 1. The molecule has 1 aromatic heterocycles. The van der Waals surface area contributed by atoms with Crippen LogP contribution in [0, 0.1) is 0 Å². The Balaban J connectivity index is 1.99. The van der Waals surface area contributed by atoms with Crippen LogP contribution in [0.15, 0.2) is 60.7 Å². The van der Waals surface area contributed by atoms with Crippen LogP contribution in [0.1, 0.15) is 0 Å². The van der Waals surface area contributed by atoms with Crippen molar-refractivity contribution in [3.05, 3.63) is 60.7 Å². The van der Waals surface area contributed by atoms with Crippen LogP contribution in [-0.2, 0) is 0 Å². The Morgan fingerprint density at radius 3 is 2.08 bits per heavy atom. The topological polar surface area (TPSA) is 101 Å². The lowest BCUT2D eigenvalue weighted by Gasteiger charge is -2.07. The van der Waals surface area contributed by atoms with E-state index < -0.39 is 12.1 Å². The number of rotatable bonds is 2. The molecule has 0 atom stereocenters. The standard InChI is InChI=1S/C17H16N6O2/c1-18-16(24)20-21-17(25)23-15(13-10-6-3-7-11-13)19-14(22-23)12-8-4-2-5-9-12/h2-11H,1H3,(H,21,25)(H2,18,20,24). The number of amides is 3. The van der Waals surface area contributed by atoms with Crippen LogP contribution in [0.3, 0.4) is 0 Å². The molecule has 3 rings (SSSR count). The molecule has 0 aliphatic carbocycles. The van der Waals surface area contributed by atoms with Crippen LogP contribution in [-0.4, -0.2) is 33.9 Å². The molecule has 1 heterocycles. The quantitative estimate of drug-likeness (QED) is 0.623. The van der Waals surface area contributed by atoms with E-state index in [-0.39, 0.29) is 0 Å². The number of carbonyl (C=O) groups is 2. The monoisotopic (exact) mass is 336 g/mol.